The second-order valence-electron chi connectivity index (χ2n) is 5.92. The molecule has 1 aromatic rings. The molecule has 0 aliphatic carbocycles. The Hall–Kier alpha value is -1.18. The van der Waals surface area contributed by atoms with Crippen LogP contribution in [0.2, 0.25) is 0 Å². The van der Waals surface area contributed by atoms with Crippen LogP contribution in [-0.4, -0.2) is 13.7 Å². The molecule has 0 aliphatic heterocycles. The van der Waals surface area contributed by atoms with Gasteiger partial charge < -0.3 is 10.1 Å². The summed E-state index contributed by atoms with van der Waals surface area (Å²) in [4.78, 5) is 0. The van der Waals surface area contributed by atoms with E-state index in [9.17, 15) is 0 Å². The predicted octanol–water partition coefficient (Wildman–Crippen LogP) is 4.06. The van der Waals surface area contributed by atoms with Crippen molar-refractivity contribution in [1.82, 2.24) is 0 Å². The van der Waals surface area contributed by atoms with Crippen LogP contribution in [0.25, 0.3) is 0 Å². The van der Waals surface area contributed by atoms with Gasteiger partial charge in [0.15, 0.2) is 0 Å². The Balaban J connectivity index is 3.03. The molecule has 0 amide bonds. The van der Waals surface area contributed by atoms with Crippen molar-refractivity contribution in [1.29, 1.82) is 0 Å². The van der Waals surface area contributed by atoms with Crippen molar-refractivity contribution in [3.8, 4) is 5.75 Å². The van der Waals surface area contributed by atoms with Crippen molar-refractivity contribution in [3.63, 3.8) is 0 Å². The minimum Gasteiger partial charge on any atom is -0.493 e. The highest BCUT2D eigenvalue weighted by Gasteiger charge is 2.19. The zero-order chi connectivity index (χ0) is 13.1. The number of hydrogen-bond acceptors (Lipinski definition) is 2. The number of hydrogen-bond donors (Lipinski definition) is 1. The van der Waals surface area contributed by atoms with E-state index in [0.717, 1.165) is 18.0 Å². The predicted molar refractivity (Wildman–Crippen MR) is 75.0 cm³/mol. The van der Waals surface area contributed by atoms with Gasteiger partial charge in [-0.15, -0.1) is 0 Å². The third-order valence-corrected chi connectivity index (χ3v) is 2.65. The molecule has 0 aliphatic rings. The van der Waals surface area contributed by atoms with Gasteiger partial charge in [0, 0.05) is 18.3 Å². The first-order valence-corrected chi connectivity index (χ1v) is 6.29. The highest BCUT2D eigenvalue weighted by atomic mass is 16.5. The van der Waals surface area contributed by atoms with Gasteiger partial charge in [0.2, 0.25) is 0 Å². The largest absolute Gasteiger partial charge is 0.493 e. The molecule has 2 nitrogen and oxygen atoms in total. The molecule has 0 fully saturated rings. The lowest BCUT2D eigenvalue weighted by molar-refractivity contribution is 0.265. The normalized spacial score (nSPS) is 11.7. The third kappa shape index (κ3) is 3.95. The second kappa shape index (κ2) is 5.44. The molecule has 0 aromatic heterocycles. The van der Waals surface area contributed by atoms with E-state index in [1.807, 2.05) is 7.05 Å². The number of rotatable bonds is 4. The summed E-state index contributed by atoms with van der Waals surface area (Å²) in [7, 11) is 1.94. The van der Waals surface area contributed by atoms with Crippen LogP contribution in [0.3, 0.4) is 0 Å². The molecular weight excluding hydrogens is 210 g/mol. The van der Waals surface area contributed by atoms with Gasteiger partial charge in [0.25, 0.3) is 0 Å². The van der Waals surface area contributed by atoms with Crippen LogP contribution in [-0.2, 0) is 5.41 Å². The molecule has 17 heavy (non-hydrogen) atoms. The van der Waals surface area contributed by atoms with E-state index >= 15 is 0 Å². The minimum atomic E-state index is 0.0964. The van der Waals surface area contributed by atoms with Gasteiger partial charge in [-0.3, -0.25) is 0 Å². The molecular formula is C15H25NO. The first kappa shape index (κ1) is 13.9. The van der Waals surface area contributed by atoms with E-state index in [2.05, 4.69) is 58.1 Å². The SMILES string of the molecule is CNc1ccc(OCC(C)C)c(C(C)(C)C)c1. The molecule has 0 heterocycles. The lowest BCUT2D eigenvalue weighted by Crippen LogP contribution is -2.15. The molecule has 0 bridgehead atoms. The number of anilines is 1. The van der Waals surface area contributed by atoms with Crippen molar-refractivity contribution >= 4 is 5.69 Å². The summed E-state index contributed by atoms with van der Waals surface area (Å²) in [6.07, 6.45) is 0. The van der Waals surface area contributed by atoms with Crippen LogP contribution < -0.4 is 10.1 Å². The Kier molecular flexibility index (Phi) is 4.44. The zero-order valence-electron chi connectivity index (χ0n) is 11.9. The fourth-order valence-electron chi connectivity index (χ4n) is 1.65. The molecule has 0 unspecified atom stereocenters. The molecule has 0 radical (unpaired) electrons. The molecule has 1 N–H and O–H groups in total. The molecule has 1 aromatic carbocycles. The van der Waals surface area contributed by atoms with E-state index in [0.29, 0.717) is 5.92 Å². The van der Waals surface area contributed by atoms with Crippen LogP contribution in [0.15, 0.2) is 18.2 Å². The standard InChI is InChI=1S/C15H25NO/c1-11(2)10-17-14-8-7-12(16-6)9-13(14)15(3,4)5/h7-9,11,16H,10H2,1-6H3. The van der Waals surface area contributed by atoms with Crippen LogP contribution in [0.4, 0.5) is 5.69 Å². The summed E-state index contributed by atoms with van der Waals surface area (Å²) < 4.78 is 5.90. The van der Waals surface area contributed by atoms with Gasteiger partial charge in [0.1, 0.15) is 5.75 Å². The van der Waals surface area contributed by atoms with Crippen LogP contribution in [0.5, 0.6) is 5.75 Å². The van der Waals surface area contributed by atoms with Crippen LogP contribution >= 0.6 is 0 Å². The summed E-state index contributed by atoms with van der Waals surface area (Å²) in [5.41, 5.74) is 2.48. The van der Waals surface area contributed by atoms with Crippen molar-refractivity contribution in [2.75, 3.05) is 19.0 Å². The van der Waals surface area contributed by atoms with Crippen molar-refractivity contribution < 1.29 is 4.74 Å². The topological polar surface area (TPSA) is 21.3 Å². The lowest BCUT2D eigenvalue weighted by atomic mass is 9.86. The number of benzene rings is 1. The fourth-order valence-corrected chi connectivity index (χ4v) is 1.65. The van der Waals surface area contributed by atoms with Crippen molar-refractivity contribution in [2.45, 2.75) is 40.0 Å². The van der Waals surface area contributed by atoms with Crippen LogP contribution in [0.1, 0.15) is 40.2 Å². The first-order chi connectivity index (χ1) is 7.84. The zero-order valence-corrected chi connectivity index (χ0v) is 11.9. The van der Waals surface area contributed by atoms with Gasteiger partial charge >= 0.3 is 0 Å². The number of ether oxygens (including phenoxy) is 1. The summed E-state index contributed by atoms with van der Waals surface area (Å²) in [5.74, 6) is 1.55. The van der Waals surface area contributed by atoms with Gasteiger partial charge in [-0.25, -0.2) is 0 Å². The van der Waals surface area contributed by atoms with Gasteiger partial charge in [-0.05, 0) is 29.5 Å². The summed E-state index contributed by atoms with van der Waals surface area (Å²) in [6, 6.07) is 6.30. The maximum Gasteiger partial charge on any atom is 0.123 e. The van der Waals surface area contributed by atoms with E-state index in [1.165, 1.54) is 5.56 Å². The Morgan fingerprint density at radius 3 is 2.35 bits per heavy atom. The lowest BCUT2D eigenvalue weighted by Gasteiger charge is -2.24. The van der Waals surface area contributed by atoms with E-state index < -0.39 is 0 Å². The van der Waals surface area contributed by atoms with E-state index in [-0.39, 0.29) is 5.41 Å². The Morgan fingerprint density at radius 1 is 1.24 bits per heavy atom. The van der Waals surface area contributed by atoms with Crippen LogP contribution in [0, 0.1) is 5.92 Å². The monoisotopic (exact) mass is 235 g/mol. The smallest absolute Gasteiger partial charge is 0.123 e. The van der Waals surface area contributed by atoms with Crippen molar-refractivity contribution in [2.24, 2.45) is 5.92 Å². The maximum absolute atomic E-state index is 5.90. The summed E-state index contributed by atoms with van der Waals surface area (Å²) >= 11 is 0. The minimum absolute atomic E-state index is 0.0964. The molecule has 0 saturated heterocycles. The molecule has 2 heteroatoms. The molecule has 0 saturated carbocycles. The Morgan fingerprint density at radius 2 is 1.88 bits per heavy atom. The van der Waals surface area contributed by atoms with Gasteiger partial charge in [-0.2, -0.15) is 0 Å². The molecule has 0 atom stereocenters. The van der Waals surface area contributed by atoms with Crippen molar-refractivity contribution in [3.05, 3.63) is 23.8 Å². The average molecular weight is 235 g/mol. The third-order valence-electron chi connectivity index (χ3n) is 2.65. The van der Waals surface area contributed by atoms with E-state index in [4.69, 9.17) is 4.74 Å². The molecule has 0 spiro atoms. The number of nitrogens with one attached hydrogen (secondary N) is 1. The second-order valence-corrected chi connectivity index (χ2v) is 5.92. The maximum atomic E-state index is 5.90. The van der Waals surface area contributed by atoms with Gasteiger partial charge in [-0.1, -0.05) is 34.6 Å². The van der Waals surface area contributed by atoms with E-state index in [1.54, 1.807) is 0 Å². The molecule has 96 valence electrons. The summed E-state index contributed by atoms with van der Waals surface area (Å²) in [5, 5.41) is 3.18. The quantitative estimate of drug-likeness (QED) is 0.849. The summed E-state index contributed by atoms with van der Waals surface area (Å²) in [6.45, 7) is 11.7. The Labute approximate surface area is 105 Å². The Bertz CT molecular complexity index is 364. The fraction of sp³-hybridized carbons (Fsp3) is 0.600. The average Bonchev–Trinajstić information content (AvgIpc) is 2.24. The molecule has 1 rings (SSSR count). The highest BCUT2D eigenvalue weighted by Crippen LogP contribution is 2.33. The highest BCUT2D eigenvalue weighted by molar-refractivity contribution is 5.53. The van der Waals surface area contributed by atoms with Gasteiger partial charge in [0.05, 0.1) is 6.61 Å². The first-order valence-electron chi connectivity index (χ1n) is 6.29.